The van der Waals surface area contributed by atoms with Gasteiger partial charge in [-0.15, -0.1) is 0 Å². The highest BCUT2D eigenvalue weighted by Crippen LogP contribution is 2.35. The highest BCUT2D eigenvalue weighted by atomic mass is 16.6. The Hall–Kier alpha value is -2.70. The third-order valence-electron chi connectivity index (χ3n) is 4.03. The van der Waals surface area contributed by atoms with E-state index in [0.29, 0.717) is 5.82 Å². The highest BCUT2D eigenvalue weighted by molar-refractivity contribution is 5.75. The number of rotatable bonds is 4. The molecule has 0 atom stereocenters. The smallest absolute Gasteiger partial charge is 0.351 e. The molecule has 1 aliphatic heterocycles. The molecule has 7 nitrogen and oxygen atoms in total. The predicted molar refractivity (Wildman–Crippen MR) is 89.3 cm³/mol. The molecule has 1 saturated heterocycles. The van der Waals surface area contributed by atoms with Gasteiger partial charge in [-0.1, -0.05) is 17.7 Å². The van der Waals surface area contributed by atoms with E-state index in [-0.39, 0.29) is 11.5 Å². The lowest BCUT2D eigenvalue weighted by Crippen LogP contribution is -2.21. The molecule has 120 valence electrons. The van der Waals surface area contributed by atoms with Crippen molar-refractivity contribution < 1.29 is 4.92 Å². The highest BCUT2D eigenvalue weighted by Gasteiger charge is 2.28. The van der Waals surface area contributed by atoms with Crippen LogP contribution in [0.2, 0.25) is 0 Å². The Morgan fingerprint density at radius 1 is 1.22 bits per heavy atom. The molecule has 0 amide bonds. The zero-order chi connectivity index (χ0) is 16.4. The summed E-state index contributed by atoms with van der Waals surface area (Å²) in [5.41, 5.74) is 2.91. The van der Waals surface area contributed by atoms with Gasteiger partial charge in [0.15, 0.2) is 0 Å². The Balaban J connectivity index is 2.01. The number of nitrogens with zero attached hydrogens (tertiary/aromatic N) is 4. The monoisotopic (exact) mass is 313 g/mol. The summed E-state index contributed by atoms with van der Waals surface area (Å²) >= 11 is 0. The first-order valence-electron chi connectivity index (χ1n) is 7.65. The van der Waals surface area contributed by atoms with Gasteiger partial charge in [0.05, 0.1) is 4.92 Å². The van der Waals surface area contributed by atoms with E-state index in [0.717, 1.165) is 42.7 Å². The maximum absolute atomic E-state index is 11.6. The normalized spacial score (nSPS) is 14.1. The molecule has 0 unspecified atom stereocenters. The number of nitro groups is 1. The molecule has 1 aliphatic rings. The van der Waals surface area contributed by atoms with E-state index in [4.69, 9.17) is 0 Å². The van der Waals surface area contributed by atoms with Gasteiger partial charge in [-0.2, -0.15) is 0 Å². The van der Waals surface area contributed by atoms with E-state index in [9.17, 15) is 10.1 Å². The average Bonchev–Trinajstić information content (AvgIpc) is 3.04. The maximum Gasteiger partial charge on any atom is 0.353 e. The lowest BCUT2D eigenvalue weighted by molar-refractivity contribution is -0.383. The Morgan fingerprint density at radius 2 is 1.96 bits per heavy atom. The van der Waals surface area contributed by atoms with Gasteiger partial charge in [0, 0.05) is 18.8 Å². The van der Waals surface area contributed by atoms with Crippen LogP contribution in [-0.2, 0) is 0 Å². The molecule has 0 bridgehead atoms. The standard InChI is InChI=1S/C16H19N5O2/c1-11-5-6-13(12(2)9-11)19-15-14(21(22)23)16(18-10-17-15)20-7-3-4-8-20/h5-6,9-10H,3-4,7-8H2,1-2H3,(H,17,18,19). The zero-order valence-corrected chi connectivity index (χ0v) is 13.2. The molecular weight excluding hydrogens is 294 g/mol. The number of benzene rings is 1. The van der Waals surface area contributed by atoms with E-state index in [1.165, 1.54) is 6.33 Å². The molecule has 0 aliphatic carbocycles. The minimum absolute atomic E-state index is 0.0608. The van der Waals surface area contributed by atoms with E-state index in [1.54, 1.807) is 0 Å². The zero-order valence-electron chi connectivity index (χ0n) is 13.2. The number of hydrogen-bond acceptors (Lipinski definition) is 6. The first-order valence-corrected chi connectivity index (χ1v) is 7.65. The molecule has 0 saturated carbocycles. The second-order valence-corrected chi connectivity index (χ2v) is 5.79. The van der Waals surface area contributed by atoms with Gasteiger partial charge in [0.2, 0.25) is 11.6 Å². The van der Waals surface area contributed by atoms with Crippen molar-refractivity contribution >= 4 is 23.0 Å². The number of nitrogens with one attached hydrogen (secondary N) is 1. The van der Waals surface area contributed by atoms with Gasteiger partial charge in [0.1, 0.15) is 6.33 Å². The third-order valence-corrected chi connectivity index (χ3v) is 4.03. The number of aryl methyl sites for hydroxylation is 2. The topological polar surface area (TPSA) is 84.2 Å². The van der Waals surface area contributed by atoms with Crippen molar-refractivity contribution in [3.05, 3.63) is 45.8 Å². The van der Waals surface area contributed by atoms with Crippen LogP contribution >= 0.6 is 0 Å². The quantitative estimate of drug-likeness (QED) is 0.688. The average molecular weight is 313 g/mol. The molecule has 1 aromatic heterocycles. The molecule has 1 N–H and O–H groups in total. The van der Waals surface area contributed by atoms with Crippen molar-refractivity contribution in [3.63, 3.8) is 0 Å². The molecule has 0 radical (unpaired) electrons. The summed E-state index contributed by atoms with van der Waals surface area (Å²) in [6, 6.07) is 5.90. The molecule has 3 rings (SSSR count). The van der Waals surface area contributed by atoms with E-state index in [1.807, 2.05) is 36.9 Å². The van der Waals surface area contributed by atoms with Crippen LogP contribution in [0.15, 0.2) is 24.5 Å². The van der Waals surface area contributed by atoms with E-state index in [2.05, 4.69) is 15.3 Å². The first kappa shape index (κ1) is 15.2. The van der Waals surface area contributed by atoms with Crippen LogP contribution in [0.4, 0.5) is 23.0 Å². The van der Waals surface area contributed by atoms with Crippen LogP contribution in [0.5, 0.6) is 0 Å². The molecule has 23 heavy (non-hydrogen) atoms. The van der Waals surface area contributed by atoms with Crippen LogP contribution in [-0.4, -0.2) is 28.0 Å². The lowest BCUT2D eigenvalue weighted by atomic mass is 10.1. The van der Waals surface area contributed by atoms with Crippen molar-refractivity contribution in [1.82, 2.24) is 9.97 Å². The second kappa shape index (κ2) is 6.20. The van der Waals surface area contributed by atoms with Crippen molar-refractivity contribution in [1.29, 1.82) is 0 Å². The van der Waals surface area contributed by atoms with Crippen LogP contribution in [0.25, 0.3) is 0 Å². The molecular formula is C16H19N5O2. The maximum atomic E-state index is 11.6. The van der Waals surface area contributed by atoms with Gasteiger partial charge in [0.25, 0.3) is 0 Å². The van der Waals surface area contributed by atoms with Gasteiger partial charge in [-0.25, -0.2) is 9.97 Å². The largest absolute Gasteiger partial charge is 0.353 e. The predicted octanol–water partition coefficient (Wildman–Crippen LogP) is 3.35. The van der Waals surface area contributed by atoms with Crippen molar-refractivity contribution in [2.24, 2.45) is 0 Å². The van der Waals surface area contributed by atoms with Gasteiger partial charge >= 0.3 is 5.69 Å². The third kappa shape index (κ3) is 3.08. The minimum atomic E-state index is -0.403. The fourth-order valence-electron chi connectivity index (χ4n) is 2.87. The van der Waals surface area contributed by atoms with Crippen molar-refractivity contribution in [3.8, 4) is 0 Å². The fourth-order valence-corrected chi connectivity index (χ4v) is 2.87. The molecule has 1 fully saturated rings. The molecule has 7 heteroatoms. The van der Waals surface area contributed by atoms with Crippen LogP contribution in [0, 0.1) is 24.0 Å². The van der Waals surface area contributed by atoms with E-state index >= 15 is 0 Å². The Bertz CT molecular complexity index is 741. The number of aromatic nitrogens is 2. The Kier molecular flexibility index (Phi) is 4.10. The molecule has 1 aromatic carbocycles. The summed E-state index contributed by atoms with van der Waals surface area (Å²) in [6.45, 7) is 5.56. The van der Waals surface area contributed by atoms with Crippen LogP contribution in [0.1, 0.15) is 24.0 Å². The Morgan fingerprint density at radius 3 is 2.61 bits per heavy atom. The summed E-state index contributed by atoms with van der Waals surface area (Å²) in [5.74, 6) is 0.633. The van der Waals surface area contributed by atoms with Crippen LogP contribution in [0.3, 0.4) is 0 Å². The van der Waals surface area contributed by atoms with Gasteiger partial charge in [-0.3, -0.25) is 10.1 Å². The summed E-state index contributed by atoms with van der Waals surface area (Å²) in [7, 11) is 0. The summed E-state index contributed by atoms with van der Waals surface area (Å²) in [6.07, 6.45) is 3.44. The van der Waals surface area contributed by atoms with E-state index < -0.39 is 4.92 Å². The minimum Gasteiger partial charge on any atom is -0.351 e. The second-order valence-electron chi connectivity index (χ2n) is 5.79. The lowest BCUT2D eigenvalue weighted by Gasteiger charge is -2.17. The van der Waals surface area contributed by atoms with Crippen molar-refractivity contribution in [2.75, 3.05) is 23.3 Å². The van der Waals surface area contributed by atoms with Crippen LogP contribution < -0.4 is 10.2 Å². The molecule has 0 spiro atoms. The van der Waals surface area contributed by atoms with Crippen molar-refractivity contribution in [2.45, 2.75) is 26.7 Å². The molecule has 2 heterocycles. The summed E-state index contributed by atoms with van der Waals surface area (Å²) < 4.78 is 0. The SMILES string of the molecule is Cc1ccc(Nc2ncnc(N3CCCC3)c2[N+](=O)[O-])c(C)c1. The summed E-state index contributed by atoms with van der Waals surface area (Å²) in [5, 5.41) is 14.7. The van der Waals surface area contributed by atoms with Gasteiger partial charge < -0.3 is 10.2 Å². The summed E-state index contributed by atoms with van der Waals surface area (Å²) in [4.78, 5) is 21.4. The van der Waals surface area contributed by atoms with Gasteiger partial charge in [-0.05, 0) is 38.3 Å². The Labute approximate surface area is 134 Å². The first-order chi connectivity index (χ1) is 11.1. The number of anilines is 3. The number of hydrogen-bond donors (Lipinski definition) is 1. The molecule has 2 aromatic rings. The fraction of sp³-hybridized carbons (Fsp3) is 0.375.